The van der Waals surface area contributed by atoms with Crippen LogP contribution in [0.3, 0.4) is 0 Å². The Morgan fingerprint density at radius 1 is 1.04 bits per heavy atom. The van der Waals surface area contributed by atoms with Crippen LogP contribution in [-0.2, 0) is 0 Å². The number of hydrogen-bond acceptors (Lipinski definition) is 5. The summed E-state index contributed by atoms with van der Waals surface area (Å²) in [4.78, 5) is 28.2. The minimum atomic E-state index is -0.119. The molecule has 3 aromatic rings. The largest absolute Gasteiger partial charge is 0.350 e. The van der Waals surface area contributed by atoms with E-state index in [1.807, 2.05) is 24.4 Å². The predicted octanol–water partition coefficient (Wildman–Crippen LogP) is 2.98. The maximum atomic E-state index is 12.9. The number of aromatic nitrogens is 3. The summed E-state index contributed by atoms with van der Waals surface area (Å²) in [6.45, 7) is 2.64. The monoisotopic (exact) mass is 361 g/mol. The average Bonchev–Trinajstić information content (AvgIpc) is 2.75. The number of amides is 1. The first-order valence-electron chi connectivity index (χ1n) is 9.45. The number of likely N-dealkylation sites (tertiary alicyclic amines) is 1. The van der Waals surface area contributed by atoms with Gasteiger partial charge in [-0.3, -0.25) is 24.6 Å². The summed E-state index contributed by atoms with van der Waals surface area (Å²) in [7, 11) is 0. The van der Waals surface area contributed by atoms with Gasteiger partial charge in [0.15, 0.2) is 0 Å². The summed E-state index contributed by atoms with van der Waals surface area (Å²) in [5.74, 6) is -0.119. The maximum absolute atomic E-state index is 12.9. The summed E-state index contributed by atoms with van der Waals surface area (Å²) in [6, 6.07) is 9.67. The molecule has 1 aliphatic heterocycles. The Morgan fingerprint density at radius 3 is 2.70 bits per heavy atom. The topological polar surface area (TPSA) is 71.0 Å². The SMILES string of the molecule is O=C(NC[C@H](c1cccnc1)N1CCCCC1)c1cccc2nccnc12. The first-order valence-corrected chi connectivity index (χ1v) is 9.45. The van der Waals surface area contributed by atoms with Crippen molar-refractivity contribution in [3.8, 4) is 0 Å². The quantitative estimate of drug-likeness (QED) is 0.756. The third kappa shape index (κ3) is 3.95. The van der Waals surface area contributed by atoms with E-state index in [1.165, 1.54) is 19.3 Å². The van der Waals surface area contributed by atoms with E-state index in [0.29, 0.717) is 17.6 Å². The summed E-state index contributed by atoms with van der Waals surface area (Å²) in [5, 5.41) is 3.11. The lowest BCUT2D eigenvalue weighted by atomic mass is 10.0. The Labute approximate surface area is 158 Å². The Hall–Kier alpha value is -2.86. The van der Waals surface area contributed by atoms with E-state index in [9.17, 15) is 4.79 Å². The molecule has 1 amide bonds. The first-order chi connectivity index (χ1) is 13.3. The molecule has 0 spiro atoms. The maximum Gasteiger partial charge on any atom is 0.253 e. The van der Waals surface area contributed by atoms with Gasteiger partial charge in [0.1, 0.15) is 5.52 Å². The molecule has 0 radical (unpaired) electrons. The minimum Gasteiger partial charge on any atom is -0.350 e. The minimum absolute atomic E-state index is 0.119. The van der Waals surface area contributed by atoms with Gasteiger partial charge in [-0.2, -0.15) is 0 Å². The zero-order valence-electron chi connectivity index (χ0n) is 15.2. The Bertz CT molecular complexity index is 903. The second-order valence-corrected chi connectivity index (χ2v) is 6.84. The molecule has 1 aromatic carbocycles. The molecule has 1 fully saturated rings. The second-order valence-electron chi connectivity index (χ2n) is 6.84. The highest BCUT2D eigenvalue weighted by Crippen LogP contribution is 2.24. The number of nitrogens with zero attached hydrogens (tertiary/aromatic N) is 4. The van der Waals surface area contributed by atoms with Crippen molar-refractivity contribution in [1.29, 1.82) is 0 Å². The highest BCUT2D eigenvalue weighted by molar-refractivity contribution is 6.04. The second kappa shape index (κ2) is 8.22. The molecule has 1 aliphatic rings. The van der Waals surface area contributed by atoms with E-state index >= 15 is 0 Å². The van der Waals surface area contributed by atoms with Gasteiger partial charge < -0.3 is 5.32 Å². The number of fused-ring (bicyclic) bond motifs is 1. The fourth-order valence-electron chi connectivity index (χ4n) is 3.72. The molecule has 1 atom stereocenters. The van der Waals surface area contributed by atoms with Crippen LogP contribution in [0.25, 0.3) is 11.0 Å². The number of nitrogens with one attached hydrogen (secondary N) is 1. The van der Waals surface area contributed by atoms with Crippen LogP contribution in [0.2, 0.25) is 0 Å². The van der Waals surface area contributed by atoms with Crippen LogP contribution < -0.4 is 5.32 Å². The van der Waals surface area contributed by atoms with Crippen LogP contribution in [0, 0.1) is 0 Å². The summed E-state index contributed by atoms with van der Waals surface area (Å²) in [6.07, 6.45) is 10.6. The Balaban J connectivity index is 1.54. The predicted molar refractivity (Wildman–Crippen MR) is 104 cm³/mol. The molecule has 3 heterocycles. The smallest absolute Gasteiger partial charge is 0.253 e. The third-order valence-electron chi connectivity index (χ3n) is 5.10. The summed E-state index contributed by atoms with van der Waals surface area (Å²) < 4.78 is 0. The van der Waals surface area contributed by atoms with E-state index in [2.05, 4.69) is 31.2 Å². The number of benzene rings is 1. The van der Waals surface area contributed by atoms with Gasteiger partial charge in [-0.05, 0) is 49.7 Å². The van der Waals surface area contributed by atoms with Gasteiger partial charge in [0.2, 0.25) is 0 Å². The van der Waals surface area contributed by atoms with Gasteiger partial charge in [-0.1, -0.05) is 18.6 Å². The molecule has 0 unspecified atom stereocenters. The highest BCUT2D eigenvalue weighted by Gasteiger charge is 2.23. The molecular weight excluding hydrogens is 338 g/mol. The fraction of sp³-hybridized carbons (Fsp3) is 0.333. The Kier molecular flexibility index (Phi) is 5.34. The van der Waals surface area contributed by atoms with Crippen molar-refractivity contribution in [2.75, 3.05) is 19.6 Å². The van der Waals surface area contributed by atoms with Crippen molar-refractivity contribution in [3.05, 3.63) is 66.2 Å². The van der Waals surface area contributed by atoms with E-state index < -0.39 is 0 Å². The summed E-state index contributed by atoms with van der Waals surface area (Å²) >= 11 is 0. The van der Waals surface area contributed by atoms with Crippen molar-refractivity contribution in [2.24, 2.45) is 0 Å². The van der Waals surface area contributed by atoms with Crippen molar-refractivity contribution in [2.45, 2.75) is 25.3 Å². The number of para-hydroxylation sites is 1. The number of piperidine rings is 1. The number of carbonyl (C=O) groups excluding carboxylic acids is 1. The van der Waals surface area contributed by atoms with Crippen LogP contribution >= 0.6 is 0 Å². The lowest BCUT2D eigenvalue weighted by Gasteiger charge is -2.34. The molecule has 138 valence electrons. The van der Waals surface area contributed by atoms with E-state index in [1.54, 1.807) is 24.7 Å². The molecule has 6 nitrogen and oxygen atoms in total. The van der Waals surface area contributed by atoms with E-state index in [4.69, 9.17) is 0 Å². The average molecular weight is 361 g/mol. The summed E-state index contributed by atoms with van der Waals surface area (Å²) in [5.41, 5.74) is 3.06. The molecule has 27 heavy (non-hydrogen) atoms. The van der Waals surface area contributed by atoms with Crippen molar-refractivity contribution >= 4 is 16.9 Å². The van der Waals surface area contributed by atoms with Gasteiger partial charge in [-0.15, -0.1) is 0 Å². The number of pyridine rings is 1. The van der Waals surface area contributed by atoms with E-state index in [0.717, 1.165) is 24.2 Å². The normalized spacial score (nSPS) is 16.1. The zero-order valence-corrected chi connectivity index (χ0v) is 15.2. The molecule has 4 rings (SSSR count). The molecule has 1 N–H and O–H groups in total. The van der Waals surface area contributed by atoms with Crippen LogP contribution in [0.1, 0.15) is 41.2 Å². The Morgan fingerprint density at radius 2 is 1.89 bits per heavy atom. The van der Waals surface area contributed by atoms with Crippen molar-refractivity contribution in [1.82, 2.24) is 25.2 Å². The fourth-order valence-corrected chi connectivity index (χ4v) is 3.72. The van der Waals surface area contributed by atoms with Gasteiger partial charge >= 0.3 is 0 Å². The van der Waals surface area contributed by atoms with Crippen molar-refractivity contribution in [3.63, 3.8) is 0 Å². The van der Waals surface area contributed by atoms with Crippen LogP contribution in [-0.4, -0.2) is 45.4 Å². The third-order valence-corrected chi connectivity index (χ3v) is 5.10. The molecule has 0 bridgehead atoms. The standard InChI is InChI=1S/C21H23N5O/c27-21(17-7-4-8-18-20(17)24-11-10-23-18)25-15-19(16-6-5-9-22-14-16)26-12-2-1-3-13-26/h4-11,14,19H,1-3,12-13,15H2,(H,25,27)/t19-/m1/s1. The van der Waals surface area contributed by atoms with Gasteiger partial charge in [-0.25, -0.2) is 0 Å². The lowest BCUT2D eigenvalue weighted by Crippen LogP contribution is -2.40. The molecule has 6 heteroatoms. The number of hydrogen-bond donors (Lipinski definition) is 1. The van der Waals surface area contributed by atoms with Crippen LogP contribution in [0.15, 0.2) is 55.1 Å². The van der Waals surface area contributed by atoms with Crippen LogP contribution in [0.4, 0.5) is 0 Å². The van der Waals surface area contributed by atoms with Gasteiger partial charge in [0.05, 0.1) is 17.1 Å². The molecule has 0 saturated carbocycles. The van der Waals surface area contributed by atoms with Gasteiger partial charge in [0.25, 0.3) is 5.91 Å². The highest BCUT2D eigenvalue weighted by atomic mass is 16.1. The van der Waals surface area contributed by atoms with E-state index in [-0.39, 0.29) is 11.9 Å². The number of carbonyl (C=O) groups is 1. The molecule has 2 aromatic heterocycles. The number of rotatable bonds is 5. The molecular formula is C21H23N5O. The van der Waals surface area contributed by atoms with Crippen LogP contribution in [0.5, 0.6) is 0 Å². The first kappa shape index (κ1) is 17.5. The van der Waals surface area contributed by atoms with Gasteiger partial charge in [0, 0.05) is 31.3 Å². The lowest BCUT2D eigenvalue weighted by molar-refractivity contribution is 0.0925. The molecule has 1 saturated heterocycles. The van der Waals surface area contributed by atoms with Crippen molar-refractivity contribution < 1.29 is 4.79 Å². The molecule has 0 aliphatic carbocycles. The zero-order chi connectivity index (χ0) is 18.5.